The SMILES string of the molecule is CCC[C@@H](C)[C@]1(CC)C(=O)N=C([S-])NC1=O.[Na+]. The zero-order valence-electron chi connectivity index (χ0n) is 10.9. The minimum absolute atomic E-state index is 0. The van der Waals surface area contributed by atoms with Crippen molar-refractivity contribution in [3.63, 3.8) is 0 Å². The molecule has 90 valence electrons. The van der Waals surface area contributed by atoms with Crippen LogP contribution in [0.2, 0.25) is 0 Å². The van der Waals surface area contributed by atoms with Gasteiger partial charge in [-0.2, -0.15) is 0 Å². The van der Waals surface area contributed by atoms with Crippen molar-refractivity contribution in [3.05, 3.63) is 0 Å². The number of carbonyl (C=O) groups is 2. The molecule has 2 atom stereocenters. The standard InChI is InChI=1S/C11H18N2O2S.Na/c1-4-6-7(3)11(5-2)8(14)12-10(16)13-9(11)15;/h7H,4-6H2,1-3H3,(H2,12,13,14,15,16);/q;+1/p-1/t7-;/m1./s1. The predicted molar refractivity (Wildman–Crippen MR) is 64.7 cm³/mol. The van der Waals surface area contributed by atoms with Gasteiger partial charge in [-0.25, -0.2) is 4.99 Å². The zero-order chi connectivity index (χ0) is 12.3. The molecule has 0 aromatic rings. The maximum Gasteiger partial charge on any atom is 1.00 e. The summed E-state index contributed by atoms with van der Waals surface area (Å²) >= 11 is 4.74. The van der Waals surface area contributed by atoms with Gasteiger partial charge >= 0.3 is 29.6 Å². The van der Waals surface area contributed by atoms with E-state index >= 15 is 0 Å². The molecule has 0 saturated heterocycles. The molecule has 6 heteroatoms. The third-order valence-corrected chi connectivity index (χ3v) is 3.52. The molecule has 0 spiro atoms. The van der Waals surface area contributed by atoms with E-state index in [1.54, 1.807) is 0 Å². The van der Waals surface area contributed by atoms with Gasteiger partial charge in [0.1, 0.15) is 5.41 Å². The average molecular weight is 264 g/mol. The Labute approximate surface area is 130 Å². The fourth-order valence-electron chi connectivity index (χ4n) is 2.30. The molecule has 4 nitrogen and oxygen atoms in total. The Morgan fingerprint density at radius 2 is 2.00 bits per heavy atom. The molecular weight excluding hydrogens is 247 g/mol. The summed E-state index contributed by atoms with van der Waals surface area (Å²) in [6.07, 6.45) is 2.23. The molecule has 0 unspecified atom stereocenters. The van der Waals surface area contributed by atoms with Gasteiger partial charge in [0.15, 0.2) is 0 Å². The van der Waals surface area contributed by atoms with Crippen LogP contribution < -0.4 is 34.9 Å². The van der Waals surface area contributed by atoms with Crippen molar-refractivity contribution < 1.29 is 39.1 Å². The quantitative estimate of drug-likeness (QED) is 0.377. The number of aliphatic imine (C=N–C) groups is 1. The van der Waals surface area contributed by atoms with Crippen molar-refractivity contribution in [2.75, 3.05) is 0 Å². The number of nitrogens with zero attached hydrogens (tertiary/aromatic N) is 1. The van der Waals surface area contributed by atoms with Gasteiger partial charge in [-0.3, -0.25) is 9.59 Å². The van der Waals surface area contributed by atoms with Crippen molar-refractivity contribution in [2.24, 2.45) is 16.3 Å². The normalized spacial score (nSPS) is 25.7. The van der Waals surface area contributed by atoms with Gasteiger partial charge in [0.25, 0.3) is 5.91 Å². The Hall–Kier alpha value is 0.0300. The van der Waals surface area contributed by atoms with Gasteiger partial charge in [-0.05, 0) is 23.9 Å². The maximum atomic E-state index is 12.0. The molecule has 1 aliphatic rings. The van der Waals surface area contributed by atoms with E-state index in [2.05, 4.69) is 10.3 Å². The molecule has 1 rings (SSSR count). The first-order valence-electron chi connectivity index (χ1n) is 5.60. The van der Waals surface area contributed by atoms with Crippen LogP contribution in [0.5, 0.6) is 0 Å². The monoisotopic (exact) mass is 264 g/mol. The summed E-state index contributed by atoms with van der Waals surface area (Å²) in [5, 5.41) is 2.48. The van der Waals surface area contributed by atoms with E-state index in [1.165, 1.54) is 0 Å². The van der Waals surface area contributed by atoms with Gasteiger partial charge in [-0.1, -0.05) is 27.2 Å². The minimum Gasteiger partial charge on any atom is -0.742 e. The molecule has 0 bridgehead atoms. The van der Waals surface area contributed by atoms with Crippen LogP contribution in [0, 0.1) is 11.3 Å². The molecule has 0 aliphatic carbocycles. The van der Waals surface area contributed by atoms with Crippen LogP contribution in [0.3, 0.4) is 0 Å². The molecule has 1 heterocycles. The van der Waals surface area contributed by atoms with Gasteiger partial charge in [-0.15, -0.1) is 0 Å². The van der Waals surface area contributed by atoms with Crippen molar-refractivity contribution in [2.45, 2.75) is 40.0 Å². The van der Waals surface area contributed by atoms with Crippen LogP contribution in [0.15, 0.2) is 4.99 Å². The number of amides is 2. The number of nitrogens with one attached hydrogen (secondary N) is 1. The van der Waals surface area contributed by atoms with Crippen molar-refractivity contribution in [3.8, 4) is 0 Å². The van der Waals surface area contributed by atoms with Crippen molar-refractivity contribution >= 4 is 29.6 Å². The molecule has 2 amide bonds. The van der Waals surface area contributed by atoms with E-state index in [1.807, 2.05) is 20.8 Å². The van der Waals surface area contributed by atoms with Crippen LogP contribution in [-0.2, 0) is 22.2 Å². The Balaban J connectivity index is 0.00000256. The number of hydrogen-bond acceptors (Lipinski definition) is 3. The van der Waals surface area contributed by atoms with Crippen LogP contribution in [0.4, 0.5) is 0 Å². The second-order valence-corrected chi connectivity index (χ2v) is 4.58. The summed E-state index contributed by atoms with van der Waals surface area (Å²) in [6, 6.07) is 0. The van der Waals surface area contributed by atoms with Crippen LogP contribution in [0.1, 0.15) is 40.0 Å². The summed E-state index contributed by atoms with van der Waals surface area (Å²) in [5.41, 5.74) is -1.02. The Morgan fingerprint density at radius 1 is 1.41 bits per heavy atom. The third kappa shape index (κ3) is 3.08. The molecule has 0 radical (unpaired) electrons. The number of hydrogen-bond donors (Lipinski definition) is 1. The summed E-state index contributed by atoms with van der Waals surface area (Å²) in [7, 11) is 0. The molecule has 0 saturated carbocycles. The van der Waals surface area contributed by atoms with Gasteiger partial charge < -0.3 is 17.9 Å². The zero-order valence-corrected chi connectivity index (χ0v) is 13.7. The maximum absolute atomic E-state index is 12.0. The van der Waals surface area contributed by atoms with Gasteiger partial charge in [0.2, 0.25) is 5.91 Å². The summed E-state index contributed by atoms with van der Waals surface area (Å²) in [6.45, 7) is 5.80. The van der Waals surface area contributed by atoms with Crippen LogP contribution in [0.25, 0.3) is 0 Å². The molecule has 0 aromatic carbocycles. The van der Waals surface area contributed by atoms with Gasteiger partial charge in [0.05, 0.1) is 0 Å². The Morgan fingerprint density at radius 3 is 2.41 bits per heavy atom. The summed E-state index contributed by atoms with van der Waals surface area (Å²) in [4.78, 5) is 27.7. The van der Waals surface area contributed by atoms with E-state index in [9.17, 15) is 9.59 Å². The predicted octanol–water partition coefficient (Wildman–Crippen LogP) is -1.62. The van der Waals surface area contributed by atoms with Crippen LogP contribution >= 0.6 is 0 Å². The molecule has 1 N–H and O–H groups in total. The average Bonchev–Trinajstić information content (AvgIpc) is 2.18. The van der Waals surface area contributed by atoms with E-state index < -0.39 is 5.41 Å². The van der Waals surface area contributed by atoms with Crippen molar-refractivity contribution in [1.82, 2.24) is 5.32 Å². The largest absolute Gasteiger partial charge is 1.00 e. The smallest absolute Gasteiger partial charge is 0.742 e. The number of rotatable bonds is 4. The first kappa shape index (κ1) is 17.0. The van der Waals surface area contributed by atoms with Crippen molar-refractivity contribution in [1.29, 1.82) is 0 Å². The molecule has 17 heavy (non-hydrogen) atoms. The molecule has 0 fully saturated rings. The summed E-state index contributed by atoms with van der Waals surface area (Å²) < 4.78 is 0. The molecule has 0 aromatic heterocycles. The first-order valence-corrected chi connectivity index (χ1v) is 6.01. The van der Waals surface area contributed by atoms with Gasteiger partial charge in [0, 0.05) is 0 Å². The van der Waals surface area contributed by atoms with E-state index in [0.29, 0.717) is 6.42 Å². The van der Waals surface area contributed by atoms with E-state index in [4.69, 9.17) is 12.6 Å². The third-order valence-electron chi connectivity index (χ3n) is 3.33. The Bertz CT molecular complexity index is 346. The van der Waals surface area contributed by atoms with E-state index in [0.717, 1.165) is 12.8 Å². The molecular formula is C11H17N2NaO2S. The summed E-state index contributed by atoms with van der Waals surface area (Å²) in [5.74, 6) is -0.687. The first-order chi connectivity index (χ1) is 7.48. The van der Waals surface area contributed by atoms with Crippen LogP contribution in [-0.4, -0.2) is 17.0 Å². The Kier molecular flexibility index (Phi) is 6.84. The molecule has 1 aliphatic heterocycles. The number of carbonyl (C=O) groups excluding carboxylic acids is 2. The topological polar surface area (TPSA) is 58.5 Å². The fraction of sp³-hybridized carbons (Fsp3) is 0.727. The minimum atomic E-state index is -1.02. The second-order valence-electron chi connectivity index (χ2n) is 4.19. The van der Waals surface area contributed by atoms with E-state index in [-0.39, 0.29) is 52.5 Å². The number of amidine groups is 1. The fourth-order valence-corrected chi connectivity index (χ4v) is 2.48. The second kappa shape index (κ2) is 6.83.